The fraction of sp³-hybridized carbons (Fsp3) is 0.500. The van der Waals surface area contributed by atoms with Crippen LogP contribution in [0.4, 0.5) is 0 Å². The van der Waals surface area contributed by atoms with Crippen LogP contribution in [0.5, 0.6) is 0 Å². The molecule has 1 aromatic carbocycles. The van der Waals surface area contributed by atoms with Crippen LogP contribution in [0.1, 0.15) is 18.7 Å². The number of benzene rings is 1. The van der Waals surface area contributed by atoms with Gasteiger partial charge in [0, 0.05) is 27.2 Å². The van der Waals surface area contributed by atoms with Gasteiger partial charge in [-0.15, -0.1) is 11.3 Å². The van der Waals surface area contributed by atoms with Crippen LogP contribution in [-0.2, 0) is 24.2 Å². The molecule has 1 aliphatic heterocycles. The second-order valence-corrected chi connectivity index (χ2v) is 9.31. The molecule has 0 radical (unpaired) electrons. The number of methoxy groups -OCH3 is 1. The smallest absolute Gasteiger partial charge is 0.198 e. The van der Waals surface area contributed by atoms with Crippen LogP contribution in [0.25, 0.3) is 10.2 Å². The number of aromatic nitrogens is 4. The molecule has 0 atom stereocenters. The van der Waals surface area contributed by atoms with Crippen molar-refractivity contribution in [3.05, 3.63) is 34.9 Å². The summed E-state index contributed by atoms with van der Waals surface area (Å²) in [5, 5.41) is 4.77. The molecular weight excluding hydrogens is 398 g/mol. The number of hydrogen-bond acceptors (Lipinski definition) is 7. The molecule has 1 fully saturated rings. The zero-order valence-corrected chi connectivity index (χ0v) is 17.9. The van der Waals surface area contributed by atoms with E-state index in [0.717, 1.165) is 58.8 Å². The van der Waals surface area contributed by atoms with E-state index in [1.807, 2.05) is 22.4 Å². The lowest BCUT2D eigenvalue weighted by Crippen LogP contribution is -2.38. The molecule has 0 unspecified atom stereocenters. The van der Waals surface area contributed by atoms with Crippen LogP contribution in [0, 0.1) is 4.77 Å². The number of ether oxygens (including phenoxy) is 1. The molecule has 0 spiro atoms. The van der Waals surface area contributed by atoms with Gasteiger partial charge in [0.25, 0.3) is 0 Å². The first kappa shape index (κ1) is 19.1. The summed E-state index contributed by atoms with van der Waals surface area (Å²) >= 11 is 9.05. The maximum Gasteiger partial charge on any atom is 0.198 e. The van der Waals surface area contributed by atoms with Crippen molar-refractivity contribution in [3.63, 3.8) is 0 Å². The lowest BCUT2D eigenvalue weighted by molar-refractivity contribution is 0.0301. The number of fused-ring (bicyclic) bond motifs is 1. The standard InChI is InChI=1S/C18H23N5OS3/c1-21-16(11-26-17-19-14-5-3-4-6-15(14)27-17)20-23(18(21)25)12-22-9-7-13(24-2)8-10-22/h3-6,13H,7-12H2,1-2H3. The molecule has 3 heterocycles. The van der Waals surface area contributed by atoms with Crippen LogP contribution in [0.2, 0.25) is 0 Å². The Kier molecular flexibility index (Phi) is 5.93. The molecule has 0 amide bonds. The first-order valence-electron chi connectivity index (χ1n) is 9.00. The monoisotopic (exact) mass is 421 g/mol. The Hall–Kier alpha value is -1.26. The quantitative estimate of drug-likeness (QED) is 0.444. The van der Waals surface area contributed by atoms with Gasteiger partial charge in [-0.1, -0.05) is 23.9 Å². The summed E-state index contributed by atoms with van der Waals surface area (Å²) in [4.78, 5) is 7.08. The highest BCUT2D eigenvalue weighted by Gasteiger charge is 2.20. The molecule has 4 rings (SSSR count). The number of likely N-dealkylation sites (tertiary alicyclic amines) is 1. The van der Waals surface area contributed by atoms with Gasteiger partial charge in [0.2, 0.25) is 0 Å². The van der Waals surface area contributed by atoms with Gasteiger partial charge in [-0.05, 0) is 37.2 Å². The van der Waals surface area contributed by atoms with Crippen LogP contribution < -0.4 is 0 Å². The molecule has 2 aromatic heterocycles. The first-order chi connectivity index (χ1) is 13.1. The average molecular weight is 422 g/mol. The molecule has 0 saturated carbocycles. The minimum atomic E-state index is 0.388. The molecule has 0 aliphatic carbocycles. The van der Waals surface area contributed by atoms with Crippen LogP contribution in [0.3, 0.4) is 0 Å². The average Bonchev–Trinajstić information content (AvgIpc) is 3.23. The molecule has 3 aromatic rings. The topological polar surface area (TPSA) is 48.1 Å². The van der Waals surface area contributed by atoms with Crippen LogP contribution in [-0.4, -0.2) is 50.5 Å². The Labute approximate surface area is 172 Å². The van der Waals surface area contributed by atoms with E-state index in [4.69, 9.17) is 22.1 Å². The predicted molar refractivity (Wildman–Crippen MR) is 113 cm³/mol. The number of thioether (sulfide) groups is 1. The summed E-state index contributed by atoms with van der Waals surface area (Å²) in [7, 11) is 3.79. The normalized spacial score (nSPS) is 16.4. The molecule has 1 saturated heterocycles. The molecule has 144 valence electrons. The number of hydrogen-bond donors (Lipinski definition) is 0. The largest absolute Gasteiger partial charge is 0.381 e. The van der Waals surface area contributed by atoms with Crippen molar-refractivity contribution in [2.75, 3.05) is 20.2 Å². The van der Waals surface area contributed by atoms with Gasteiger partial charge in [-0.25, -0.2) is 9.67 Å². The highest BCUT2D eigenvalue weighted by atomic mass is 32.2. The third kappa shape index (κ3) is 4.27. The van der Waals surface area contributed by atoms with Crippen molar-refractivity contribution in [1.82, 2.24) is 24.2 Å². The van der Waals surface area contributed by atoms with Crippen molar-refractivity contribution in [2.24, 2.45) is 7.05 Å². The van der Waals surface area contributed by atoms with Gasteiger partial charge in [0.05, 0.1) is 28.7 Å². The molecular formula is C18H23N5OS3. The fourth-order valence-electron chi connectivity index (χ4n) is 3.27. The van der Waals surface area contributed by atoms with E-state index in [2.05, 4.69) is 28.1 Å². The van der Waals surface area contributed by atoms with Gasteiger partial charge in [-0.3, -0.25) is 4.90 Å². The van der Waals surface area contributed by atoms with Crippen LogP contribution >= 0.6 is 35.3 Å². The van der Waals surface area contributed by atoms with E-state index in [-0.39, 0.29) is 0 Å². The second-order valence-electron chi connectivity index (χ2n) is 6.69. The van der Waals surface area contributed by atoms with Crippen molar-refractivity contribution in [2.45, 2.75) is 35.7 Å². The summed E-state index contributed by atoms with van der Waals surface area (Å²) in [6, 6.07) is 8.24. The Morgan fingerprint density at radius 1 is 1.30 bits per heavy atom. The van der Waals surface area contributed by atoms with Gasteiger partial charge >= 0.3 is 0 Å². The van der Waals surface area contributed by atoms with Gasteiger partial charge in [-0.2, -0.15) is 5.10 Å². The van der Waals surface area contributed by atoms with Gasteiger partial charge in [0.15, 0.2) is 9.11 Å². The van der Waals surface area contributed by atoms with Gasteiger partial charge < -0.3 is 9.30 Å². The highest BCUT2D eigenvalue weighted by molar-refractivity contribution is 8.00. The Morgan fingerprint density at radius 3 is 2.81 bits per heavy atom. The summed E-state index contributed by atoms with van der Waals surface area (Å²) < 4.78 is 12.5. The number of rotatable bonds is 6. The van der Waals surface area contributed by atoms with E-state index in [0.29, 0.717) is 6.10 Å². The summed E-state index contributed by atoms with van der Waals surface area (Å²) in [6.45, 7) is 2.79. The maximum absolute atomic E-state index is 5.60. The molecule has 6 nitrogen and oxygen atoms in total. The molecule has 27 heavy (non-hydrogen) atoms. The molecule has 1 aliphatic rings. The maximum atomic E-state index is 5.60. The van der Waals surface area contributed by atoms with E-state index in [1.54, 1.807) is 30.2 Å². The Morgan fingerprint density at radius 2 is 2.07 bits per heavy atom. The van der Waals surface area contributed by atoms with E-state index >= 15 is 0 Å². The van der Waals surface area contributed by atoms with Gasteiger partial charge in [0.1, 0.15) is 5.82 Å². The van der Waals surface area contributed by atoms with Crippen molar-refractivity contribution >= 4 is 45.5 Å². The molecule has 9 heteroatoms. The summed E-state index contributed by atoms with van der Waals surface area (Å²) in [6.07, 6.45) is 2.52. The first-order valence-corrected chi connectivity index (χ1v) is 11.2. The predicted octanol–water partition coefficient (Wildman–Crippen LogP) is 3.92. The summed E-state index contributed by atoms with van der Waals surface area (Å²) in [5.74, 6) is 1.75. The lowest BCUT2D eigenvalue weighted by atomic mass is 10.1. The van der Waals surface area contributed by atoms with Crippen molar-refractivity contribution in [1.29, 1.82) is 0 Å². The fourth-order valence-corrected chi connectivity index (χ4v) is 5.52. The minimum absolute atomic E-state index is 0.388. The van der Waals surface area contributed by atoms with E-state index < -0.39 is 0 Å². The minimum Gasteiger partial charge on any atom is -0.381 e. The second kappa shape index (κ2) is 8.40. The molecule has 0 bridgehead atoms. The van der Waals surface area contributed by atoms with E-state index in [9.17, 15) is 0 Å². The molecule has 0 N–H and O–H groups in total. The van der Waals surface area contributed by atoms with Crippen molar-refractivity contribution in [3.8, 4) is 0 Å². The van der Waals surface area contributed by atoms with Crippen LogP contribution in [0.15, 0.2) is 28.6 Å². The zero-order valence-electron chi connectivity index (χ0n) is 15.5. The number of nitrogens with zero attached hydrogens (tertiary/aromatic N) is 5. The number of piperidine rings is 1. The number of thiazole rings is 1. The number of para-hydroxylation sites is 1. The highest BCUT2D eigenvalue weighted by Crippen LogP contribution is 2.31. The Bertz CT molecular complexity index is 938. The SMILES string of the molecule is COC1CCN(Cn2nc(CSc3nc4ccccc4s3)n(C)c2=S)CC1. The third-order valence-corrected chi connectivity index (χ3v) is 7.59. The van der Waals surface area contributed by atoms with Crippen molar-refractivity contribution < 1.29 is 4.74 Å². The zero-order chi connectivity index (χ0) is 18.8. The summed E-state index contributed by atoms with van der Waals surface area (Å²) in [5.41, 5.74) is 1.06. The lowest BCUT2D eigenvalue weighted by Gasteiger charge is -2.30. The third-order valence-electron chi connectivity index (χ3n) is 4.93. The van der Waals surface area contributed by atoms with E-state index in [1.165, 1.54) is 4.70 Å². The Balaban J connectivity index is 1.41.